The molecule has 0 bridgehead atoms. The van der Waals surface area contributed by atoms with Crippen LogP contribution in [0.3, 0.4) is 0 Å². The molecule has 3 aromatic carbocycles. The molecule has 0 heterocycles. The third-order valence-corrected chi connectivity index (χ3v) is 5.70. The standard InChI is InChI=1S/C26H21F5O3/c1-3-5-13-6-7-14(12-18(13)27)34-26(32)17-9-8-15-16-10-11-19(33-4-2)23(29)21(16)25(31)24(30)20(15)22(17)28/h6-12,24-25H,3-5H2,1-2H3. The SMILES string of the molecule is CCCc1ccc(OC(=O)c2ccc3c(c2F)C(F)C(F)c2c-3ccc(OCC)c2F)cc1F. The van der Waals surface area contributed by atoms with Crippen LogP contribution in [0.2, 0.25) is 0 Å². The van der Waals surface area contributed by atoms with Gasteiger partial charge in [-0.3, -0.25) is 0 Å². The molecule has 8 heteroatoms. The van der Waals surface area contributed by atoms with Gasteiger partial charge < -0.3 is 9.47 Å². The number of hydrogen-bond donors (Lipinski definition) is 0. The van der Waals surface area contributed by atoms with Crippen molar-refractivity contribution in [1.29, 1.82) is 0 Å². The average Bonchev–Trinajstić information content (AvgIpc) is 2.80. The topological polar surface area (TPSA) is 35.5 Å². The summed E-state index contributed by atoms with van der Waals surface area (Å²) < 4.78 is 84.3. The van der Waals surface area contributed by atoms with Crippen LogP contribution in [0.1, 0.15) is 59.7 Å². The van der Waals surface area contributed by atoms with Crippen molar-refractivity contribution in [1.82, 2.24) is 0 Å². The second-order valence-electron chi connectivity index (χ2n) is 7.86. The van der Waals surface area contributed by atoms with Crippen LogP contribution in [0, 0.1) is 17.5 Å². The van der Waals surface area contributed by atoms with Crippen molar-refractivity contribution in [3.05, 3.63) is 82.2 Å². The van der Waals surface area contributed by atoms with E-state index in [1.807, 2.05) is 6.92 Å². The number of carbonyl (C=O) groups is 1. The van der Waals surface area contributed by atoms with E-state index in [0.717, 1.165) is 18.6 Å². The Bertz CT molecular complexity index is 1260. The first-order chi connectivity index (χ1) is 16.3. The summed E-state index contributed by atoms with van der Waals surface area (Å²) >= 11 is 0. The van der Waals surface area contributed by atoms with Crippen LogP contribution in [0.25, 0.3) is 11.1 Å². The highest BCUT2D eigenvalue weighted by Gasteiger charge is 2.40. The summed E-state index contributed by atoms with van der Waals surface area (Å²) in [6, 6.07) is 8.65. The Morgan fingerprint density at radius 3 is 2.15 bits per heavy atom. The monoisotopic (exact) mass is 476 g/mol. The number of benzene rings is 3. The van der Waals surface area contributed by atoms with E-state index >= 15 is 8.78 Å². The lowest BCUT2D eigenvalue weighted by Gasteiger charge is -2.28. The number of ether oxygens (including phenoxy) is 2. The molecule has 0 aromatic heterocycles. The number of alkyl halides is 2. The maximum absolute atomic E-state index is 15.3. The van der Waals surface area contributed by atoms with Gasteiger partial charge in [0.1, 0.15) is 17.4 Å². The van der Waals surface area contributed by atoms with Crippen molar-refractivity contribution < 1.29 is 36.2 Å². The Morgan fingerprint density at radius 1 is 0.882 bits per heavy atom. The second-order valence-corrected chi connectivity index (χ2v) is 7.86. The molecule has 0 saturated heterocycles. The molecular formula is C26H21F5O3. The van der Waals surface area contributed by atoms with E-state index in [-0.39, 0.29) is 29.2 Å². The van der Waals surface area contributed by atoms with Gasteiger partial charge in [0, 0.05) is 17.2 Å². The minimum Gasteiger partial charge on any atom is -0.491 e. The predicted octanol–water partition coefficient (Wildman–Crippen LogP) is 7.38. The normalized spacial score (nSPS) is 16.6. The smallest absolute Gasteiger partial charge is 0.346 e. The molecule has 1 aliphatic carbocycles. The van der Waals surface area contributed by atoms with Crippen molar-refractivity contribution in [2.75, 3.05) is 6.61 Å². The number of esters is 1. The van der Waals surface area contributed by atoms with Crippen LogP contribution >= 0.6 is 0 Å². The molecule has 0 aliphatic heterocycles. The molecule has 178 valence electrons. The van der Waals surface area contributed by atoms with Gasteiger partial charge in [0.05, 0.1) is 12.2 Å². The average molecular weight is 476 g/mol. The van der Waals surface area contributed by atoms with Gasteiger partial charge in [0.25, 0.3) is 0 Å². The van der Waals surface area contributed by atoms with Crippen LogP contribution in [-0.2, 0) is 6.42 Å². The summed E-state index contributed by atoms with van der Waals surface area (Å²) in [5.74, 6) is -4.55. The lowest BCUT2D eigenvalue weighted by Crippen LogP contribution is -2.19. The van der Waals surface area contributed by atoms with Crippen LogP contribution in [0.4, 0.5) is 22.0 Å². The lowest BCUT2D eigenvalue weighted by molar-refractivity contribution is 0.0728. The minimum absolute atomic E-state index is 0.0373. The second kappa shape index (κ2) is 9.44. The summed E-state index contributed by atoms with van der Waals surface area (Å²) in [6.07, 6.45) is -3.86. The van der Waals surface area contributed by atoms with E-state index in [0.29, 0.717) is 12.0 Å². The molecule has 2 unspecified atom stereocenters. The Hall–Kier alpha value is -3.42. The first-order valence-corrected chi connectivity index (χ1v) is 10.8. The van der Waals surface area contributed by atoms with Gasteiger partial charge in [-0.1, -0.05) is 31.5 Å². The van der Waals surface area contributed by atoms with Crippen molar-refractivity contribution in [3.8, 4) is 22.6 Å². The highest BCUT2D eigenvalue weighted by Crippen LogP contribution is 2.51. The van der Waals surface area contributed by atoms with Gasteiger partial charge in [0.15, 0.2) is 23.9 Å². The molecule has 4 rings (SSSR count). The first-order valence-electron chi connectivity index (χ1n) is 10.8. The maximum Gasteiger partial charge on any atom is 0.346 e. The Labute approximate surface area is 193 Å². The van der Waals surface area contributed by atoms with Gasteiger partial charge >= 0.3 is 5.97 Å². The fourth-order valence-electron chi connectivity index (χ4n) is 4.12. The van der Waals surface area contributed by atoms with Gasteiger partial charge in [-0.15, -0.1) is 0 Å². The van der Waals surface area contributed by atoms with Gasteiger partial charge in [-0.2, -0.15) is 0 Å². The Kier molecular flexibility index (Phi) is 6.59. The van der Waals surface area contributed by atoms with E-state index in [4.69, 9.17) is 9.47 Å². The zero-order chi connectivity index (χ0) is 24.6. The van der Waals surface area contributed by atoms with Crippen LogP contribution < -0.4 is 9.47 Å². The quantitative estimate of drug-likeness (QED) is 0.212. The predicted molar refractivity (Wildman–Crippen MR) is 116 cm³/mol. The van der Waals surface area contributed by atoms with E-state index in [1.165, 1.54) is 30.3 Å². The van der Waals surface area contributed by atoms with E-state index < -0.39 is 52.5 Å². The van der Waals surface area contributed by atoms with E-state index in [2.05, 4.69) is 0 Å². The summed E-state index contributed by atoms with van der Waals surface area (Å²) in [6.45, 7) is 3.62. The molecule has 0 N–H and O–H groups in total. The molecule has 2 atom stereocenters. The van der Waals surface area contributed by atoms with Crippen molar-refractivity contribution >= 4 is 5.97 Å². The summed E-state index contributed by atoms with van der Waals surface area (Å²) in [7, 11) is 0. The molecule has 34 heavy (non-hydrogen) atoms. The third-order valence-electron chi connectivity index (χ3n) is 5.70. The molecule has 3 aromatic rings. The maximum atomic E-state index is 15.3. The van der Waals surface area contributed by atoms with Crippen LogP contribution in [0.5, 0.6) is 11.5 Å². The number of carbonyl (C=O) groups excluding carboxylic acids is 1. The lowest BCUT2D eigenvalue weighted by atomic mass is 9.81. The Balaban J connectivity index is 1.71. The van der Waals surface area contributed by atoms with Crippen molar-refractivity contribution in [2.24, 2.45) is 0 Å². The highest BCUT2D eigenvalue weighted by atomic mass is 19.2. The highest BCUT2D eigenvalue weighted by molar-refractivity contribution is 5.93. The van der Waals surface area contributed by atoms with E-state index in [9.17, 15) is 18.0 Å². The Morgan fingerprint density at radius 2 is 1.53 bits per heavy atom. The minimum atomic E-state index is -2.56. The number of hydrogen-bond acceptors (Lipinski definition) is 3. The van der Waals surface area contributed by atoms with Crippen molar-refractivity contribution in [3.63, 3.8) is 0 Å². The first kappa shape index (κ1) is 23.7. The zero-order valence-electron chi connectivity index (χ0n) is 18.4. The van der Waals surface area contributed by atoms with Gasteiger partial charge in [-0.25, -0.2) is 26.7 Å². The molecule has 3 nitrogen and oxygen atoms in total. The molecule has 0 radical (unpaired) electrons. The number of fused-ring (bicyclic) bond motifs is 3. The molecule has 0 amide bonds. The number of rotatable bonds is 6. The van der Waals surface area contributed by atoms with Crippen molar-refractivity contribution in [2.45, 2.75) is 39.0 Å². The largest absolute Gasteiger partial charge is 0.491 e. The fraction of sp³-hybridized carbons (Fsp3) is 0.269. The third kappa shape index (κ3) is 4.02. The summed E-state index contributed by atoms with van der Waals surface area (Å²) in [5, 5.41) is 0. The molecule has 0 spiro atoms. The fourth-order valence-corrected chi connectivity index (χ4v) is 4.12. The molecule has 1 aliphatic rings. The molecule has 0 saturated carbocycles. The number of aryl methyl sites for hydroxylation is 1. The van der Waals surface area contributed by atoms with Crippen LogP contribution in [0.15, 0.2) is 42.5 Å². The number of halogens is 5. The summed E-state index contributed by atoms with van der Waals surface area (Å²) in [4.78, 5) is 12.6. The van der Waals surface area contributed by atoms with Crippen LogP contribution in [-0.4, -0.2) is 12.6 Å². The zero-order valence-corrected chi connectivity index (χ0v) is 18.4. The molecule has 0 fully saturated rings. The van der Waals surface area contributed by atoms with Gasteiger partial charge in [-0.05, 0) is 48.2 Å². The molecular weight excluding hydrogens is 455 g/mol. The van der Waals surface area contributed by atoms with E-state index in [1.54, 1.807) is 6.92 Å². The summed E-state index contributed by atoms with van der Waals surface area (Å²) in [5.41, 5.74) is -1.60. The van der Waals surface area contributed by atoms with Gasteiger partial charge in [0.2, 0.25) is 0 Å².